The van der Waals surface area contributed by atoms with Crippen LogP contribution in [0.1, 0.15) is 0 Å². The Morgan fingerprint density at radius 3 is 2.35 bits per heavy atom. The Bertz CT molecular complexity index is 675. The predicted octanol–water partition coefficient (Wildman–Crippen LogP) is 3.79. The van der Waals surface area contributed by atoms with E-state index in [1.54, 1.807) is 43.5 Å². The summed E-state index contributed by atoms with van der Waals surface area (Å²) in [6, 6.07) is 13.4. The number of imide groups is 1. The van der Waals surface area contributed by atoms with Crippen LogP contribution in [0.15, 0.2) is 53.4 Å². The largest absolute Gasteiger partial charge is 0.497 e. The third kappa shape index (κ3) is 5.84. The third-order valence-electron chi connectivity index (χ3n) is 2.78. The maximum absolute atomic E-state index is 11.7. The van der Waals surface area contributed by atoms with Crippen LogP contribution in [0.4, 0.5) is 10.5 Å². The number of anilines is 1. The molecule has 0 saturated carbocycles. The normalized spacial score (nSPS) is 10.0. The van der Waals surface area contributed by atoms with Crippen molar-refractivity contribution in [2.24, 2.45) is 0 Å². The molecule has 2 aromatic rings. The van der Waals surface area contributed by atoms with Crippen molar-refractivity contribution >= 4 is 41.0 Å². The summed E-state index contributed by atoms with van der Waals surface area (Å²) in [5.41, 5.74) is 0.571. The summed E-state index contributed by atoms with van der Waals surface area (Å²) in [6.45, 7) is 0. The van der Waals surface area contributed by atoms with Crippen LogP contribution in [0.25, 0.3) is 0 Å². The van der Waals surface area contributed by atoms with Crippen LogP contribution < -0.4 is 15.4 Å². The summed E-state index contributed by atoms with van der Waals surface area (Å²) in [5, 5.41) is 5.48. The first kappa shape index (κ1) is 17.2. The Hall–Kier alpha value is -2.18. The lowest BCUT2D eigenvalue weighted by Gasteiger charge is -2.07. The number of halogens is 1. The molecule has 0 heterocycles. The fraction of sp³-hybridized carbons (Fsp3) is 0.125. The van der Waals surface area contributed by atoms with Crippen LogP contribution in [0.5, 0.6) is 5.75 Å². The molecule has 0 radical (unpaired) electrons. The molecule has 0 aromatic heterocycles. The first-order chi connectivity index (χ1) is 11.1. The van der Waals surface area contributed by atoms with Gasteiger partial charge >= 0.3 is 6.03 Å². The second-order valence-electron chi connectivity index (χ2n) is 4.47. The lowest BCUT2D eigenvalue weighted by molar-refractivity contribution is -0.117. The topological polar surface area (TPSA) is 67.4 Å². The lowest BCUT2D eigenvalue weighted by Crippen LogP contribution is -2.35. The van der Waals surface area contributed by atoms with Crippen LogP contribution in [-0.2, 0) is 4.79 Å². The number of carbonyl (C=O) groups is 2. The van der Waals surface area contributed by atoms with Gasteiger partial charge in [0.25, 0.3) is 0 Å². The molecule has 120 valence electrons. The zero-order chi connectivity index (χ0) is 16.7. The minimum atomic E-state index is -0.572. The van der Waals surface area contributed by atoms with E-state index < -0.39 is 6.03 Å². The summed E-state index contributed by atoms with van der Waals surface area (Å²) in [4.78, 5) is 24.4. The van der Waals surface area contributed by atoms with Gasteiger partial charge in [0.15, 0.2) is 0 Å². The second-order valence-corrected chi connectivity index (χ2v) is 5.96. The number of thioether (sulfide) groups is 1. The van der Waals surface area contributed by atoms with E-state index in [2.05, 4.69) is 10.6 Å². The number of carbonyl (C=O) groups excluding carboxylic acids is 2. The average molecular weight is 351 g/mol. The average Bonchev–Trinajstić information content (AvgIpc) is 2.55. The highest BCUT2D eigenvalue weighted by molar-refractivity contribution is 8.00. The van der Waals surface area contributed by atoms with Crippen LogP contribution in [0.2, 0.25) is 5.02 Å². The molecule has 0 aliphatic rings. The summed E-state index contributed by atoms with van der Waals surface area (Å²) in [5.74, 6) is 0.444. The molecule has 3 amide bonds. The van der Waals surface area contributed by atoms with E-state index in [0.29, 0.717) is 16.5 Å². The van der Waals surface area contributed by atoms with Gasteiger partial charge in [-0.15, -0.1) is 11.8 Å². The maximum atomic E-state index is 11.7. The van der Waals surface area contributed by atoms with Gasteiger partial charge in [0.05, 0.1) is 12.9 Å². The lowest BCUT2D eigenvalue weighted by atomic mass is 10.3. The summed E-state index contributed by atoms with van der Waals surface area (Å²) in [7, 11) is 1.56. The molecule has 0 unspecified atom stereocenters. The van der Waals surface area contributed by atoms with Gasteiger partial charge in [-0.1, -0.05) is 11.6 Å². The van der Waals surface area contributed by atoms with Crippen LogP contribution in [-0.4, -0.2) is 24.8 Å². The van der Waals surface area contributed by atoms with E-state index in [-0.39, 0.29) is 11.7 Å². The van der Waals surface area contributed by atoms with Crippen molar-refractivity contribution < 1.29 is 14.3 Å². The highest BCUT2D eigenvalue weighted by atomic mass is 35.5. The van der Waals surface area contributed by atoms with Gasteiger partial charge in [0, 0.05) is 15.6 Å². The Morgan fingerprint density at radius 1 is 1.09 bits per heavy atom. The molecule has 0 spiro atoms. The van der Waals surface area contributed by atoms with Crippen LogP contribution >= 0.6 is 23.4 Å². The zero-order valence-electron chi connectivity index (χ0n) is 12.3. The first-order valence-corrected chi connectivity index (χ1v) is 8.06. The van der Waals surface area contributed by atoms with E-state index in [0.717, 1.165) is 4.90 Å². The first-order valence-electron chi connectivity index (χ1n) is 6.70. The summed E-state index contributed by atoms with van der Waals surface area (Å²) >= 11 is 7.11. The van der Waals surface area contributed by atoms with Crippen molar-refractivity contribution in [1.82, 2.24) is 5.32 Å². The van der Waals surface area contributed by atoms with E-state index in [1.165, 1.54) is 11.8 Å². The SMILES string of the molecule is COc1ccc(NC(=O)NC(=O)CSc2ccc(Cl)cc2)cc1. The third-order valence-corrected chi connectivity index (χ3v) is 4.05. The van der Waals surface area contributed by atoms with E-state index in [4.69, 9.17) is 16.3 Å². The van der Waals surface area contributed by atoms with E-state index >= 15 is 0 Å². The number of rotatable bonds is 5. The van der Waals surface area contributed by atoms with E-state index in [9.17, 15) is 9.59 Å². The number of hydrogen-bond donors (Lipinski definition) is 2. The Balaban J connectivity index is 1.77. The molecule has 0 bridgehead atoms. The molecule has 0 atom stereocenters. The molecule has 0 aliphatic carbocycles. The quantitative estimate of drug-likeness (QED) is 0.805. The molecular formula is C16H15ClN2O3S. The minimum absolute atomic E-state index is 0.137. The maximum Gasteiger partial charge on any atom is 0.325 e. The molecule has 7 heteroatoms. The van der Waals surface area contributed by atoms with Crippen molar-refractivity contribution in [3.63, 3.8) is 0 Å². The van der Waals surface area contributed by atoms with Gasteiger partial charge < -0.3 is 10.1 Å². The smallest absolute Gasteiger partial charge is 0.325 e. The predicted molar refractivity (Wildman–Crippen MR) is 92.3 cm³/mol. The van der Waals surface area contributed by atoms with Gasteiger partial charge in [-0.3, -0.25) is 10.1 Å². The molecule has 2 N–H and O–H groups in total. The highest BCUT2D eigenvalue weighted by Gasteiger charge is 2.08. The van der Waals surface area contributed by atoms with Crippen molar-refractivity contribution in [1.29, 1.82) is 0 Å². The molecule has 2 aromatic carbocycles. The monoisotopic (exact) mass is 350 g/mol. The van der Waals surface area contributed by atoms with Crippen molar-refractivity contribution in [2.45, 2.75) is 4.90 Å². The minimum Gasteiger partial charge on any atom is -0.497 e. The fourth-order valence-corrected chi connectivity index (χ4v) is 2.50. The standard InChI is InChI=1S/C16H15ClN2O3S/c1-22-13-6-4-12(5-7-13)18-16(21)19-15(20)10-23-14-8-2-11(17)3-9-14/h2-9H,10H2,1H3,(H2,18,19,20,21). The Labute approximate surface area is 143 Å². The summed E-state index contributed by atoms with van der Waals surface area (Å²) < 4.78 is 5.03. The molecule has 0 saturated heterocycles. The number of benzene rings is 2. The molecule has 23 heavy (non-hydrogen) atoms. The van der Waals surface area contributed by atoms with Gasteiger partial charge in [0.1, 0.15) is 5.75 Å². The van der Waals surface area contributed by atoms with Gasteiger partial charge in [-0.25, -0.2) is 4.79 Å². The van der Waals surface area contributed by atoms with Gasteiger partial charge in [-0.05, 0) is 48.5 Å². The second kappa shape index (κ2) is 8.45. The fourth-order valence-electron chi connectivity index (χ4n) is 1.68. The number of methoxy groups -OCH3 is 1. The number of urea groups is 1. The summed E-state index contributed by atoms with van der Waals surface area (Å²) in [6.07, 6.45) is 0. The molecular weight excluding hydrogens is 336 g/mol. The molecule has 0 fully saturated rings. The van der Waals surface area contributed by atoms with Crippen molar-refractivity contribution in [3.05, 3.63) is 53.6 Å². The number of hydrogen-bond acceptors (Lipinski definition) is 4. The van der Waals surface area contributed by atoms with Gasteiger partial charge in [-0.2, -0.15) is 0 Å². The Kier molecular flexibility index (Phi) is 6.31. The molecule has 5 nitrogen and oxygen atoms in total. The van der Waals surface area contributed by atoms with E-state index in [1.807, 2.05) is 12.1 Å². The van der Waals surface area contributed by atoms with Crippen LogP contribution in [0.3, 0.4) is 0 Å². The zero-order valence-corrected chi connectivity index (χ0v) is 13.9. The molecule has 2 rings (SSSR count). The highest BCUT2D eigenvalue weighted by Crippen LogP contribution is 2.20. The van der Waals surface area contributed by atoms with Gasteiger partial charge in [0.2, 0.25) is 5.91 Å². The number of ether oxygens (including phenoxy) is 1. The molecule has 0 aliphatic heterocycles. The van der Waals surface area contributed by atoms with Crippen molar-refractivity contribution in [3.8, 4) is 5.75 Å². The van der Waals surface area contributed by atoms with Crippen LogP contribution in [0, 0.1) is 0 Å². The van der Waals surface area contributed by atoms with Crippen molar-refractivity contribution in [2.75, 3.05) is 18.2 Å². The number of nitrogens with one attached hydrogen (secondary N) is 2. The Morgan fingerprint density at radius 2 is 1.74 bits per heavy atom. The number of amides is 3.